The summed E-state index contributed by atoms with van der Waals surface area (Å²) in [7, 11) is 0. The van der Waals surface area contributed by atoms with Crippen LogP contribution in [0.5, 0.6) is 11.5 Å². The quantitative estimate of drug-likeness (QED) is 0.777. The molecule has 0 radical (unpaired) electrons. The summed E-state index contributed by atoms with van der Waals surface area (Å²) in [4.78, 5) is 0. The van der Waals surface area contributed by atoms with Gasteiger partial charge in [0, 0.05) is 16.7 Å². The van der Waals surface area contributed by atoms with Crippen molar-refractivity contribution in [2.24, 2.45) is 0 Å². The number of hydrogen-bond acceptors (Lipinski definition) is 3. The van der Waals surface area contributed by atoms with Gasteiger partial charge in [0.25, 0.3) is 0 Å². The third-order valence-electron chi connectivity index (χ3n) is 3.33. The van der Waals surface area contributed by atoms with Crippen LogP contribution in [-0.2, 0) is 6.54 Å². The maximum Gasteiger partial charge on any atom is 0.175 e. The Labute approximate surface area is 140 Å². The van der Waals surface area contributed by atoms with E-state index < -0.39 is 0 Å². The van der Waals surface area contributed by atoms with Crippen LogP contribution in [0.1, 0.15) is 11.1 Å². The fourth-order valence-corrected chi connectivity index (χ4v) is 3.37. The van der Waals surface area contributed by atoms with Crippen LogP contribution < -0.4 is 14.8 Å². The van der Waals surface area contributed by atoms with Crippen molar-refractivity contribution in [3.8, 4) is 11.5 Å². The SMILES string of the molecule is Cc1cc(Br)ccc1NCc1cc(Br)c2c(c1)OCCO2. The van der Waals surface area contributed by atoms with Gasteiger partial charge in [-0.1, -0.05) is 15.9 Å². The van der Waals surface area contributed by atoms with E-state index in [9.17, 15) is 0 Å². The predicted molar refractivity (Wildman–Crippen MR) is 91.3 cm³/mol. The zero-order valence-corrected chi connectivity index (χ0v) is 14.8. The van der Waals surface area contributed by atoms with Crippen molar-refractivity contribution in [1.29, 1.82) is 0 Å². The van der Waals surface area contributed by atoms with Gasteiger partial charge in [-0.3, -0.25) is 0 Å². The van der Waals surface area contributed by atoms with Crippen LogP contribution in [0, 0.1) is 6.92 Å². The summed E-state index contributed by atoms with van der Waals surface area (Å²) in [6.45, 7) is 4.02. The van der Waals surface area contributed by atoms with Gasteiger partial charge in [0.1, 0.15) is 13.2 Å². The van der Waals surface area contributed by atoms with Crippen LogP contribution in [0.15, 0.2) is 39.3 Å². The molecule has 1 aliphatic heterocycles. The van der Waals surface area contributed by atoms with Crippen molar-refractivity contribution in [3.63, 3.8) is 0 Å². The molecule has 3 nitrogen and oxygen atoms in total. The first-order chi connectivity index (χ1) is 10.1. The molecule has 21 heavy (non-hydrogen) atoms. The molecular weight excluding hydrogens is 398 g/mol. The van der Waals surface area contributed by atoms with Gasteiger partial charge >= 0.3 is 0 Å². The third kappa shape index (κ3) is 3.35. The molecule has 0 saturated heterocycles. The van der Waals surface area contributed by atoms with E-state index in [-0.39, 0.29) is 0 Å². The Morgan fingerprint density at radius 3 is 2.71 bits per heavy atom. The summed E-state index contributed by atoms with van der Waals surface area (Å²) in [5.74, 6) is 1.60. The molecule has 5 heteroatoms. The van der Waals surface area contributed by atoms with Crippen molar-refractivity contribution >= 4 is 37.5 Å². The number of fused-ring (bicyclic) bond motifs is 1. The Morgan fingerprint density at radius 2 is 1.90 bits per heavy atom. The molecule has 3 rings (SSSR count). The smallest absolute Gasteiger partial charge is 0.175 e. The molecule has 0 atom stereocenters. The highest BCUT2D eigenvalue weighted by atomic mass is 79.9. The number of halogens is 2. The molecule has 0 saturated carbocycles. The van der Waals surface area contributed by atoms with E-state index >= 15 is 0 Å². The summed E-state index contributed by atoms with van der Waals surface area (Å²) in [6, 6.07) is 10.3. The molecule has 1 heterocycles. The van der Waals surface area contributed by atoms with Crippen molar-refractivity contribution in [2.45, 2.75) is 13.5 Å². The highest BCUT2D eigenvalue weighted by molar-refractivity contribution is 9.10. The molecule has 0 unspecified atom stereocenters. The lowest BCUT2D eigenvalue weighted by Gasteiger charge is -2.20. The summed E-state index contributed by atoms with van der Waals surface area (Å²) in [6.07, 6.45) is 0. The summed E-state index contributed by atoms with van der Waals surface area (Å²) in [5.41, 5.74) is 3.48. The van der Waals surface area contributed by atoms with E-state index in [4.69, 9.17) is 9.47 Å². The second kappa shape index (κ2) is 6.28. The van der Waals surface area contributed by atoms with Gasteiger partial charge in [0.2, 0.25) is 0 Å². The Balaban J connectivity index is 1.77. The van der Waals surface area contributed by atoms with Crippen molar-refractivity contribution in [1.82, 2.24) is 0 Å². The van der Waals surface area contributed by atoms with Gasteiger partial charge in [-0.2, -0.15) is 0 Å². The van der Waals surface area contributed by atoms with E-state index in [1.54, 1.807) is 0 Å². The Morgan fingerprint density at radius 1 is 1.10 bits per heavy atom. The molecule has 0 fully saturated rings. The fraction of sp³-hybridized carbons (Fsp3) is 0.250. The molecule has 0 aromatic heterocycles. The van der Waals surface area contributed by atoms with Crippen molar-refractivity contribution in [3.05, 3.63) is 50.4 Å². The highest BCUT2D eigenvalue weighted by Gasteiger charge is 2.16. The van der Waals surface area contributed by atoms with Crippen LogP contribution in [0.25, 0.3) is 0 Å². The van der Waals surface area contributed by atoms with Gasteiger partial charge in [-0.05, 0) is 64.3 Å². The van der Waals surface area contributed by atoms with E-state index in [1.807, 2.05) is 12.1 Å². The number of benzene rings is 2. The van der Waals surface area contributed by atoms with Gasteiger partial charge in [0.05, 0.1) is 4.47 Å². The molecule has 2 aromatic rings. The van der Waals surface area contributed by atoms with E-state index in [1.165, 1.54) is 5.56 Å². The Hall–Kier alpha value is -1.20. The van der Waals surface area contributed by atoms with Gasteiger partial charge < -0.3 is 14.8 Å². The van der Waals surface area contributed by atoms with E-state index in [0.717, 1.165) is 38.2 Å². The normalized spacial score (nSPS) is 13.1. The molecule has 0 amide bonds. The maximum absolute atomic E-state index is 5.65. The van der Waals surface area contributed by atoms with Crippen LogP contribution in [0.3, 0.4) is 0 Å². The van der Waals surface area contributed by atoms with Gasteiger partial charge in [-0.25, -0.2) is 0 Å². The highest BCUT2D eigenvalue weighted by Crippen LogP contribution is 2.38. The lowest BCUT2D eigenvalue weighted by molar-refractivity contribution is 0.170. The number of anilines is 1. The van der Waals surface area contributed by atoms with Crippen molar-refractivity contribution < 1.29 is 9.47 Å². The number of rotatable bonds is 3. The molecule has 1 aliphatic rings. The first-order valence-electron chi connectivity index (χ1n) is 6.71. The molecule has 0 spiro atoms. The molecule has 1 N–H and O–H groups in total. The van der Waals surface area contributed by atoms with E-state index in [0.29, 0.717) is 13.2 Å². The molecule has 110 valence electrons. The largest absolute Gasteiger partial charge is 0.486 e. The number of nitrogens with one attached hydrogen (secondary N) is 1. The maximum atomic E-state index is 5.65. The second-order valence-corrected chi connectivity index (χ2v) is 6.68. The topological polar surface area (TPSA) is 30.5 Å². The summed E-state index contributed by atoms with van der Waals surface area (Å²) >= 11 is 7.02. The lowest BCUT2D eigenvalue weighted by atomic mass is 10.1. The lowest BCUT2D eigenvalue weighted by Crippen LogP contribution is -2.16. The third-order valence-corrected chi connectivity index (χ3v) is 4.41. The number of aryl methyl sites for hydroxylation is 1. The first kappa shape index (κ1) is 14.7. The zero-order chi connectivity index (χ0) is 14.8. The van der Waals surface area contributed by atoms with Gasteiger partial charge in [-0.15, -0.1) is 0 Å². The van der Waals surface area contributed by atoms with Crippen LogP contribution in [-0.4, -0.2) is 13.2 Å². The average Bonchev–Trinajstić information content (AvgIpc) is 2.46. The zero-order valence-electron chi connectivity index (χ0n) is 11.6. The summed E-state index contributed by atoms with van der Waals surface area (Å²) < 4.78 is 13.3. The fourth-order valence-electron chi connectivity index (χ4n) is 2.29. The minimum Gasteiger partial charge on any atom is -0.486 e. The predicted octanol–water partition coefficient (Wildman–Crippen LogP) is 4.90. The monoisotopic (exact) mass is 411 g/mol. The minimum absolute atomic E-state index is 0.598. The average molecular weight is 413 g/mol. The molecular formula is C16H15Br2NO2. The standard InChI is InChI=1S/C16H15Br2NO2/c1-10-6-12(17)2-3-14(10)19-9-11-7-13(18)16-15(8-11)20-4-5-21-16/h2-3,6-8,19H,4-5,9H2,1H3. The van der Waals surface area contributed by atoms with Crippen LogP contribution in [0.2, 0.25) is 0 Å². The Kier molecular flexibility index (Phi) is 4.40. The van der Waals surface area contributed by atoms with Crippen molar-refractivity contribution in [2.75, 3.05) is 18.5 Å². The number of hydrogen-bond donors (Lipinski definition) is 1. The molecule has 0 aliphatic carbocycles. The summed E-state index contributed by atoms with van der Waals surface area (Å²) in [5, 5.41) is 3.45. The van der Waals surface area contributed by atoms with Crippen LogP contribution >= 0.6 is 31.9 Å². The Bertz CT molecular complexity index is 674. The van der Waals surface area contributed by atoms with Gasteiger partial charge in [0.15, 0.2) is 11.5 Å². The van der Waals surface area contributed by atoms with E-state index in [2.05, 4.69) is 62.3 Å². The second-order valence-electron chi connectivity index (χ2n) is 4.91. The number of ether oxygens (including phenoxy) is 2. The first-order valence-corrected chi connectivity index (χ1v) is 8.30. The minimum atomic E-state index is 0.598. The molecule has 2 aromatic carbocycles. The van der Waals surface area contributed by atoms with Crippen LogP contribution in [0.4, 0.5) is 5.69 Å². The molecule has 0 bridgehead atoms.